The van der Waals surface area contributed by atoms with Gasteiger partial charge in [-0.25, -0.2) is 4.99 Å². The van der Waals surface area contributed by atoms with Gasteiger partial charge in [-0.15, -0.1) is 0 Å². The minimum absolute atomic E-state index is 0. The van der Waals surface area contributed by atoms with E-state index in [9.17, 15) is 0 Å². The van der Waals surface area contributed by atoms with Crippen molar-refractivity contribution in [2.45, 2.75) is 6.92 Å². The van der Waals surface area contributed by atoms with Gasteiger partial charge < -0.3 is 6.74 Å². The molecule has 40 valence electrons. The molecule has 0 amide bonds. The molecule has 1 rings (SSSR count). The molecule has 1 heterocycles. The predicted octanol–water partition coefficient (Wildman–Crippen LogP) is -2.55. The Kier molecular flexibility index (Phi) is 3.81. The maximum atomic E-state index is 4.70. The Morgan fingerprint density at radius 1 is 1.88 bits per heavy atom. The zero-order chi connectivity index (χ0) is 5.28. The van der Waals surface area contributed by atoms with Crippen molar-refractivity contribution in [2.24, 2.45) is 4.99 Å². The van der Waals surface area contributed by atoms with Crippen molar-refractivity contribution in [3.63, 3.8) is 0 Å². The minimum Gasteiger partial charge on any atom is -1.00 e. The standard InChI is InChI=1S/C4H6N2S.Na.H/c1-3-2-5-4(7)6-3;;/h2H2,1H3,(H,5,7);;/q;+1;-1. The van der Waals surface area contributed by atoms with Crippen molar-refractivity contribution in [1.82, 2.24) is 5.32 Å². The Labute approximate surface area is 77.5 Å². The van der Waals surface area contributed by atoms with Gasteiger partial charge in [-0.05, 0) is 19.1 Å². The Morgan fingerprint density at radius 2 is 2.50 bits per heavy atom. The van der Waals surface area contributed by atoms with Crippen LogP contribution < -0.4 is 34.9 Å². The molecule has 4 heteroatoms. The van der Waals surface area contributed by atoms with Crippen LogP contribution in [0.4, 0.5) is 0 Å². The monoisotopic (exact) mass is 138 g/mol. The summed E-state index contributed by atoms with van der Waals surface area (Å²) in [5.74, 6) is 0. The zero-order valence-corrected chi connectivity index (χ0v) is 7.88. The second-order valence-electron chi connectivity index (χ2n) is 1.51. The van der Waals surface area contributed by atoms with Crippen LogP contribution in [-0.2, 0) is 0 Å². The molecule has 0 aliphatic carbocycles. The molecule has 2 nitrogen and oxygen atoms in total. The van der Waals surface area contributed by atoms with E-state index in [1.807, 2.05) is 6.92 Å². The largest absolute Gasteiger partial charge is 1.00 e. The van der Waals surface area contributed by atoms with E-state index in [1.54, 1.807) is 0 Å². The molecule has 1 N–H and O–H groups in total. The smallest absolute Gasteiger partial charge is 1.00 e. The van der Waals surface area contributed by atoms with Gasteiger partial charge in [0, 0.05) is 5.71 Å². The Morgan fingerprint density at radius 3 is 2.62 bits per heavy atom. The number of nitrogens with one attached hydrogen (secondary N) is 1. The normalized spacial score (nSPS) is 16.6. The van der Waals surface area contributed by atoms with E-state index in [-0.39, 0.29) is 31.0 Å². The van der Waals surface area contributed by atoms with E-state index in [0.29, 0.717) is 5.11 Å². The Bertz CT molecular complexity index is 137. The fourth-order valence-electron chi connectivity index (χ4n) is 0.456. The number of hydrogen-bond acceptors (Lipinski definition) is 1. The summed E-state index contributed by atoms with van der Waals surface area (Å²) in [7, 11) is 0. The van der Waals surface area contributed by atoms with E-state index in [4.69, 9.17) is 12.2 Å². The van der Waals surface area contributed by atoms with Crippen molar-refractivity contribution in [2.75, 3.05) is 6.54 Å². The maximum Gasteiger partial charge on any atom is 1.00 e. The summed E-state index contributed by atoms with van der Waals surface area (Å²) in [4.78, 5) is 3.93. The van der Waals surface area contributed by atoms with Crippen LogP contribution in [0.3, 0.4) is 0 Å². The van der Waals surface area contributed by atoms with Crippen LogP contribution in [0.5, 0.6) is 0 Å². The molecule has 0 aromatic heterocycles. The molecular weight excluding hydrogens is 131 g/mol. The topological polar surface area (TPSA) is 24.4 Å². The molecule has 1 aliphatic heterocycles. The molecule has 0 spiro atoms. The first-order valence-electron chi connectivity index (χ1n) is 2.11. The molecule has 0 fully saturated rings. The maximum absolute atomic E-state index is 4.70. The van der Waals surface area contributed by atoms with E-state index in [1.165, 1.54) is 0 Å². The minimum atomic E-state index is 0. The summed E-state index contributed by atoms with van der Waals surface area (Å²) in [6.45, 7) is 2.78. The van der Waals surface area contributed by atoms with E-state index in [0.717, 1.165) is 12.3 Å². The molecule has 0 unspecified atom stereocenters. The molecule has 0 radical (unpaired) electrons. The Balaban J connectivity index is 0. The third-order valence-electron chi connectivity index (χ3n) is 0.788. The van der Waals surface area contributed by atoms with Gasteiger partial charge in [-0.1, -0.05) is 0 Å². The van der Waals surface area contributed by atoms with Crippen LogP contribution in [0, 0.1) is 0 Å². The van der Waals surface area contributed by atoms with Crippen molar-refractivity contribution >= 4 is 23.0 Å². The summed E-state index contributed by atoms with van der Waals surface area (Å²) in [6.07, 6.45) is 0. The van der Waals surface area contributed by atoms with Gasteiger partial charge in [0.2, 0.25) is 0 Å². The molecule has 0 atom stereocenters. The molecule has 0 aromatic carbocycles. The summed E-state index contributed by atoms with van der Waals surface area (Å²) in [5.41, 5.74) is 1.07. The average Bonchev–Trinajstić information content (AvgIpc) is 1.87. The summed E-state index contributed by atoms with van der Waals surface area (Å²) >= 11 is 4.70. The van der Waals surface area contributed by atoms with Crippen LogP contribution in [-0.4, -0.2) is 17.4 Å². The fourth-order valence-corrected chi connectivity index (χ4v) is 0.684. The number of thiocarbonyl (C=S) groups is 1. The molecule has 1 aliphatic rings. The molecule has 8 heavy (non-hydrogen) atoms. The SMILES string of the molecule is CC1=NC(=S)NC1.[H-].[Na+]. The van der Waals surface area contributed by atoms with Crippen molar-refractivity contribution in [1.29, 1.82) is 0 Å². The number of rotatable bonds is 0. The average molecular weight is 138 g/mol. The van der Waals surface area contributed by atoms with Crippen molar-refractivity contribution in [3.05, 3.63) is 0 Å². The second-order valence-corrected chi connectivity index (χ2v) is 1.89. The van der Waals surface area contributed by atoms with Crippen molar-refractivity contribution in [3.8, 4) is 0 Å². The quantitative estimate of drug-likeness (QED) is 0.294. The van der Waals surface area contributed by atoms with Gasteiger partial charge >= 0.3 is 29.6 Å². The number of hydrogen-bond donors (Lipinski definition) is 1. The Hall–Kier alpha value is 0.560. The first-order valence-corrected chi connectivity index (χ1v) is 2.52. The number of nitrogens with zero attached hydrogens (tertiary/aromatic N) is 1. The predicted molar refractivity (Wildman–Crippen MR) is 34.8 cm³/mol. The van der Waals surface area contributed by atoms with Crippen molar-refractivity contribution < 1.29 is 31.0 Å². The van der Waals surface area contributed by atoms with Gasteiger partial charge in [0.1, 0.15) is 0 Å². The first kappa shape index (κ1) is 8.56. The summed E-state index contributed by atoms with van der Waals surface area (Å²) < 4.78 is 0. The number of aliphatic imine (C=N–C) groups is 1. The van der Waals surface area contributed by atoms with Gasteiger partial charge in [0.25, 0.3) is 0 Å². The van der Waals surface area contributed by atoms with Gasteiger partial charge in [0.05, 0.1) is 6.54 Å². The third kappa shape index (κ3) is 2.22. The van der Waals surface area contributed by atoms with E-state index >= 15 is 0 Å². The van der Waals surface area contributed by atoms with Crippen LogP contribution in [0.25, 0.3) is 0 Å². The molecule has 0 aromatic rings. The molecular formula is C4H7N2NaS. The fraction of sp³-hybridized carbons (Fsp3) is 0.500. The zero-order valence-electron chi connectivity index (χ0n) is 6.06. The van der Waals surface area contributed by atoms with Crippen LogP contribution >= 0.6 is 12.2 Å². The summed E-state index contributed by atoms with van der Waals surface area (Å²) in [6, 6.07) is 0. The van der Waals surface area contributed by atoms with Crippen LogP contribution in [0.2, 0.25) is 0 Å². The van der Waals surface area contributed by atoms with Gasteiger partial charge in [-0.2, -0.15) is 0 Å². The summed E-state index contributed by atoms with van der Waals surface area (Å²) in [5, 5.41) is 3.52. The first-order chi connectivity index (χ1) is 3.29. The van der Waals surface area contributed by atoms with E-state index in [2.05, 4.69) is 10.3 Å². The molecule has 0 saturated carbocycles. The van der Waals surface area contributed by atoms with Crippen LogP contribution in [0.15, 0.2) is 4.99 Å². The van der Waals surface area contributed by atoms with Crippen LogP contribution in [0.1, 0.15) is 8.35 Å². The molecule has 0 bridgehead atoms. The van der Waals surface area contributed by atoms with Gasteiger partial charge in [0.15, 0.2) is 5.11 Å². The molecule has 0 saturated heterocycles. The van der Waals surface area contributed by atoms with E-state index < -0.39 is 0 Å². The van der Waals surface area contributed by atoms with Gasteiger partial charge in [-0.3, -0.25) is 0 Å². The third-order valence-corrected chi connectivity index (χ3v) is 1.02. The second kappa shape index (κ2) is 3.56.